The summed E-state index contributed by atoms with van der Waals surface area (Å²) in [5.74, 6) is 0. The number of dihydropyridines is 1. The van der Waals surface area contributed by atoms with Gasteiger partial charge in [-0.05, 0) is 93.5 Å². The molecule has 2 aromatic rings. The number of pyridine rings is 1. The number of aryl methyl sites for hydroxylation is 1. The average Bonchev–Trinajstić information content (AvgIpc) is 3.14. The van der Waals surface area contributed by atoms with Crippen LogP contribution in [0.15, 0.2) is 131 Å². The Balaban J connectivity index is 1.87. The number of aliphatic imine (C=N–C) groups is 1. The van der Waals surface area contributed by atoms with Crippen LogP contribution < -0.4 is 10.2 Å². The van der Waals surface area contributed by atoms with E-state index in [-0.39, 0.29) is 6.04 Å². The van der Waals surface area contributed by atoms with Crippen molar-refractivity contribution in [1.82, 2.24) is 10.3 Å². The molecule has 1 aromatic heterocycles. The zero-order valence-corrected chi connectivity index (χ0v) is 22.1. The molecule has 37 heavy (non-hydrogen) atoms. The third kappa shape index (κ3) is 6.53. The fourth-order valence-corrected chi connectivity index (χ4v) is 4.59. The van der Waals surface area contributed by atoms with Crippen molar-refractivity contribution in [3.8, 4) is 0 Å². The molecule has 0 amide bonds. The lowest BCUT2D eigenvalue weighted by molar-refractivity contribution is 0.754. The Bertz CT molecular complexity index is 1300. The van der Waals surface area contributed by atoms with Gasteiger partial charge < -0.3 is 10.2 Å². The minimum atomic E-state index is 0.0482. The lowest BCUT2D eigenvalue weighted by Gasteiger charge is -2.34. The number of allylic oxidation sites excluding steroid dienone is 8. The summed E-state index contributed by atoms with van der Waals surface area (Å²) in [5.41, 5.74) is 9.50. The van der Waals surface area contributed by atoms with Crippen LogP contribution in [-0.2, 0) is 0 Å². The minimum absolute atomic E-state index is 0.0482. The molecule has 188 valence electrons. The van der Waals surface area contributed by atoms with Crippen LogP contribution in [0.5, 0.6) is 0 Å². The van der Waals surface area contributed by atoms with E-state index >= 15 is 0 Å². The standard InChI is InChI=1S/C33H36N4/c1-5-27(13-9-10-20-34-4)31-22-30(23-32(36-31)28-14-11-21-35-24-28)37(29-18-16-25(2)17-19-29)33-15-8-6-7-12-26(33)3/h6-8,10-11,13-24,31,36H,4-5,9,12H2,1-3H3/b20-10-,27-13+. The smallest absolute Gasteiger partial charge is 0.0681 e. The first-order valence-electron chi connectivity index (χ1n) is 12.9. The zero-order valence-electron chi connectivity index (χ0n) is 22.1. The number of nitrogens with zero attached hydrogens (tertiary/aromatic N) is 3. The van der Waals surface area contributed by atoms with Gasteiger partial charge in [-0.3, -0.25) is 9.98 Å². The maximum atomic E-state index is 4.39. The van der Waals surface area contributed by atoms with Crippen LogP contribution in [-0.4, -0.2) is 17.7 Å². The fourth-order valence-electron chi connectivity index (χ4n) is 4.59. The third-order valence-corrected chi connectivity index (χ3v) is 6.60. The molecule has 1 atom stereocenters. The van der Waals surface area contributed by atoms with Crippen LogP contribution in [0.1, 0.15) is 44.2 Å². The SMILES string of the molecule is C=N/C=C\C/C=C(\CC)C1C=C(N(C2=C(C)CC=CC=C2)c2ccc(C)cc2)C=C(c2cccnc2)N1. The van der Waals surface area contributed by atoms with E-state index in [0.29, 0.717) is 0 Å². The first kappa shape index (κ1) is 25.9. The molecule has 0 saturated carbocycles. The highest BCUT2D eigenvalue weighted by atomic mass is 15.2. The third-order valence-electron chi connectivity index (χ3n) is 6.60. The predicted octanol–water partition coefficient (Wildman–Crippen LogP) is 7.82. The van der Waals surface area contributed by atoms with Crippen LogP contribution in [0.4, 0.5) is 5.69 Å². The van der Waals surface area contributed by atoms with Gasteiger partial charge in [0.2, 0.25) is 0 Å². The Labute approximate surface area is 221 Å². The summed E-state index contributed by atoms with van der Waals surface area (Å²) in [7, 11) is 0. The molecule has 1 aliphatic heterocycles. The van der Waals surface area contributed by atoms with Gasteiger partial charge in [-0.1, -0.05) is 55.0 Å². The molecule has 2 heterocycles. The van der Waals surface area contributed by atoms with Crippen molar-refractivity contribution in [2.24, 2.45) is 4.99 Å². The van der Waals surface area contributed by atoms with E-state index in [1.54, 1.807) is 6.20 Å². The minimum Gasteiger partial charge on any atom is -0.374 e. The molecular formula is C33H36N4. The van der Waals surface area contributed by atoms with Gasteiger partial charge in [-0.25, -0.2) is 0 Å². The Hall–Kier alpha value is -4.18. The molecule has 0 saturated heterocycles. The highest BCUT2D eigenvalue weighted by Gasteiger charge is 2.24. The monoisotopic (exact) mass is 488 g/mol. The Morgan fingerprint density at radius 1 is 1.19 bits per heavy atom. The number of nitrogens with one attached hydrogen (secondary N) is 1. The van der Waals surface area contributed by atoms with Crippen molar-refractivity contribution in [3.63, 3.8) is 0 Å². The van der Waals surface area contributed by atoms with Crippen molar-refractivity contribution < 1.29 is 0 Å². The maximum absolute atomic E-state index is 4.39. The zero-order chi connectivity index (χ0) is 26.0. The fraction of sp³-hybridized carbons (Fsp3) is 0.212. The van der Waals surface area contributed by atoms with E-state index in [1.807, 2.05) is 24.5 Å². The van der Waals surface area contributed by atoms with Gasteiger partial charge in [0.05, 0.1) is 6.04 Å². The predicted molar refractivity (Wildman–Crippen MR) is 158 cm³/mol. The molecule has 2 aliphatic rings. The van der Waals surface area contributed by atoms with E-state index in [2.05, 4.69) is 121 Å². The number of aromatic nitrogens is 1. The molecule has 4 rings (SSSR count). The van der Waals surface area contributed by atoms with E-state index in [9.17, 15) is 0 Å². The number of benzene rings is 1. The molecule has 1 unspecified atom stereocenters. The molecule has 1 aliphatic carbocycles. The number of hydrogen-bond donors (Lipinski definition) is 1. The summed E-state index contributed by atoms with van der Waals surface area (Å²) in [6.07, 6.45) is 25.8. The summed E-state index contributed by atoms with van der Waals surface area (Å²) in [6.45, 7) is 10.1. The van der Waals surface area contributed by atoms with Crippen LogP contribution in [0.3, 0.4) is 0 Å². The highest BCUT2D eigenvalue weighted by molar-refractivity contribution is 5.74. The maximum Gasteiger partial charge on any atom is 0.0681 e. The molecule has 4 nitrogen and oxygen atoms in total. The molecule has 0 fully saturated rings. The van der Waals surface area contributed by atoms with Gasteiger partial charge >= 0.3 is 0 Å². The topological polar surface area (TPSA) is 40.5 Å². The molecular weight excluding hydrogens is 452 g/mol. The van der Waals surface area contributed by atoms with Gasteiger partial charge in [-0.15, -0.1) is 0 Å². The molecule has 1 aromatic carbocycles. The van der Waals surface area contributed by atoms with Gasteiger partial charge in [-0.2, -0.15) is 0 Å². The van der Waals surface area contributed by atoms with Gasteiger partial charge in [0.1, 0.15) is 0 Å². The van der Waals surface area contributed by atoms with E-state index in [0.717, 1.165) is 41.9 Å². The van der Waals surface area contributed by atoms with Gasteiger partial charge in [0, 0.05) is 46.9 Å². The summed E-state index contributed by atoms with van der Waals surface area (Å²) < 4.78 is 0. The Kier molecular flexibility index (Phi) is 8.88. The molecule has 0 radical (unpaired) electrons. The van der Waals surface area contributed by atoms with Crippen LogP contribution in [0.25, 0.3) is 5.70 Å². The average molecular weight is 489 g/mol. The number of hydrogen-bond acceptors (Lipinski definition) is 4. The van der Waals surface area contributed by atoms with Crippen molar-refractivity contribution in [3.05, 3.63) is 137 Å². The lowest BCUT2D eigenvalue weighted by Crippen LogP contribution is -2.34. The van der Waals surface area contributed by atoms with Crippen molar-refractivity contribution in [1.29, 1.82) is 0 Å². The number of rotatable bonds is 9. The highest BCUT2D eigenvalue weighted by Crippen LogP contribution is 2.34. The Morgan fingerprint density at radius 3 is 2.76 bits per heavy atom. The molecule has 0 bridgehead atoms. The molecule has 1 N–H and O–H groups in total. The Morgan fingerprint density at radius 2 is 2.03 bits per heavy atom. The van der Waals surface area contributed by atoms with Crippen molar-refractivity contribution in [2.45, 2.75) is 46.1 Å². The summed E-state index contributed by atoms with van der Waals surface area (Å²) in [5, 5.41) is 3.78. The van der Waals surface area contributed by atoms with E-state index < -0.39 is 0 Å². The second-order valence-corrected chi connectivity index (χ2v) is 9.28. The number of anilines is 1. The van der Waals surface area contributed by atoms with Crippen LogP contribution in [0, 0.1) is 6.92 Å². The quantitative estimate of drug-likeness (QED) is 0.289. The largest absolute Gasteiger partial charge is 0.374 e. The van der Waals surface area contributed by atoms with Crippen LogP contribution in [0.2, 0.25) is 0 Å². The van der Waals surface area contributed by atoms with Crippen molar-refractivity contribution in [2.75, 3.05) is 4.90 Å². The second-order valence-electron chi connectivity index (χ2n) is 9.28. The summed E-state index contributed by atoms with van der Waals surface area (Å²) >= 11 is 0. The van der Waals surface area contributed by atoms with E-state index in [1.165, 1.54) is 22.4 Å². The van der Waals surface area contributed by atoms with Crippen LogP contribution >= 0.6 is 0 Å². The molecule has 0 spiro atoms. The lowest BCUT2D eigenvalue weighted by atomic mass is 9.96. The molecule has 4 heteroatoms. The van der Waals surface area contributed by atoms with Gasteiger partial charge in [0.25, 0.3) is 0 Å². The van der Waals surface area contributed by atoms with Gasteiger partial charge in [0.15, 0.2) is 0 Å². The summed E-state index contributed by atoms with van der Waals surface area (Å²) in [6, 6.07) is 12.9. The summed E-state index contributed by atoms with van der Waals surface area (Å²) in [4.78, 5) is 10.6. The normalized spacial score (nSPS) is 17.8. The van der Waals surface area contributed by atoms with E-state index in [4.69, 9.17) is 0 Å². The second kappa shape index (κ2) is 12.7. The first-order valence-corrected chi connectivity index (χ1v) is 12.9. The first-order chi connectivity index (χ1) is 18.1. The van der Waals surface area contributed by atoms with Crippen molar-refractivity contribution >= 4 is 18.1 Å².